The summed E-state index contributed by atoms with van der Waals surface area (Å²) in [5, 5.41) is 0. The first-order valence-electron chi connectivity index (χ1n) is 7.10. The first-order valence-corrected chi connectivity index (χ1v) is 7.10. The molecular formula is C16H28N2O. The van der Waals surface area contributed by atoms with Crippen LogP contribution in [0.5, 0.6) is 0 Å². The van der Waals surface area contributed by atoms with E-state index in [0.29, 0.717) is 18.5 Å². The van der Waals surface area contributed by atoms with E-state index < -0.39 is 0 Å². The molecular weight excluding hydrogens is 236 g/mol. The van der Waals surface area contributed by atoms with E-state index in [1.165, 1.54) is 0 Å². The van der Waals surface area contributed by atoms with Crippen LogP contribution < -0.4 is 0 Å². The topological polar surface area (TPSA) is 25.2 Å². The van der Waals surface area contributed by atoms with E-state index in [0.717, 1.165) is 23.4 Å². The number of aryl methyl sites for hydroxylation is 1. The fraction of sp³-hybridized carbons (Fsp3) is 0.688. The molecule has 0 amide bonds. The SMILES string of the molecule is Cc1cc(C(=O)CN(C)C(C)CC(C)C)c(C)n1C. The van der Waals surface area contributed by atoms with Crippen LogP contribution in [0.3, 0.4) is 0 Å². The van der Waals surface area contributed by atoms with Crippen LogP contribution in [-0.4, -0.2) is 34.9 Å². The third-order valence-corrected chi connectivity index (χ3v) is 4.03. The lowest BCUT2D eigenvalue weighted by molar-refractivity contribution is 0.0916. The highest BCUT2D eigenvalue weighted by Gasteiger charge is 2.18. The number of Topliss-reactive ketones (excluding diaryl/α,β-unsaturated/α-hetero) is 1. The van der Waals surface area contributed by atoms with Crippen molar-refractivity contribution in [2.45, 2.75) is 47.1 Å². The summed E-state index contributed by atoms with van der Waals surface area (Å²) in [7, 11) is 4.04. The van der Waals surface area contributed by atoms with Crippen LogP contribution in [0.25, 0.3) is 0 Å². The maximum absolute atomic E-state index is 12.4. The first-order chi connectivity index (χ1) is 8.73. The third-order valence-electron chi connectivity index (χ3n) is 4.03. The molecule has 1 rings (SSSR count). The maximum atomic E-state index is 12.4. The van der Waals surface area contributed by atoms with Gasteiger partial charge in [-0.05, 0) is 46.2 Å². The first kappa shape index (κ1) is 16.0. The van der Waals surface area contributed by atoms with E-state index in [4.69, 9.17) is 0 Å². The van der Waals surface area contributed by atoms with Gasteiger partial charge in [0, 0.05) is 30.0 Å². The van der Waals surface area contributed by atoms with Crippen molar-refractivity contribution in [2.75, 3.05) is 13.6 Å². The van der Waals surface area contributed by atoms with Gasteiger partial charge in [-0.25, -0.2) is 0 Å². The van der Waals surface area contributed by atoms with Crippen LogP contribution in [-0.2, 0) is 7.05 Å². The van der Waals surface area contributed by atoms with Crippen LogP contribution in [0.4, 0.5) is 0 Å². The summed E-state index contributed by atoms with van der Waals surface area (Å²) in [5.41, 5.74) is 3.06. The van der Waals surface area contributed by atoms with E-state index in [1.54, 1.807) is 0 Å². The fourth-order valence-electron chi connectivity index (χ4n) is 2.47. The molecule has 3 nitrogen and oxygen atoms in total. The average Bonchev–Trinajstić information content (AvgIpc) is 2.56. The van der Waals surface area contributed by atoms with Gasteiger partial charge in [0.05, 0.1) is 6.54 Å². The molecule has 0 spiro atoms. The Kier molecular flexibility index (Phi) is 5.36. The molecule has 3 heteroatoms. The Morgan fingerprint density at radius 2 is 1.89 bits per heavy atom. The quantitative estimate of drug-likeness (QED) is 0.737. The molecule has 0 aromatic carbocycles. The Hall–Kier alpha value is -1.09. The van der Waals surface area contributed by atoms with Gasteiger partial charge in [-0.15, -0.1) is 0 Å². The number of hydrogen-bond acceptors (Lipinski definition) is 2. The zero-order chi connectivity index (χ0) is 14.7. The maximum Gasteiger partial charge on any atom is 0.178 e. The minimum absolute atomic E-state index is 0.222. The molecule has 0 aliphatic carbocycles. The van der Waals surface area contributed by atoms with Gasteiger partial charge in [0.25, 0.3) is 0 Å². The highest BCUT2D eigenvalue weighted by molar-refractivity contribution is 5.99. The van der Waals surface area contributed by atoms with Crippen LogP contribution >= 0.6 is 0 Å². The van der Waals surface area contributed by atoms with Crippen molar-refractivity contribution in [3.63, 3.8) is 0 Å². The molecule has 0 radical (unpaired) electrons. The van der Waals surface area contributed by atoms with Crippen molar-refractivity contribution in [2.24, 2.45) is 13.0 Å². The lowest BCUT2D eigenvalue weighted by atomic mass is 10.0. The molecule has 0 saturated heterocycles. The molecule has 0 bridgehead atoms. The van der Waals surface area contributed by atoms with Gasteiger partial charge >= 0.3 is 0 Å². The van der Waals surface area contributed by atoms with Gasteiger partial charge in [0.2, 0.25) is 0 Å². The van der Waals surface area contributed by atoms with E-state index in [1.807, 2.05) is 34.0 Å². The predicted molar refractivity (Wildman–Crippen MR) is 80.8 cm³/mol. The van der Waals surface area contributed by atoms with Crippen molar-refractivity contribution >= 4 is 5.78 Å². The average molecular weight is 264 g/mol. The van der Waals surface area contributed by atoms with Gasteiger partial charge in [-0.2, -0.15) is 0 Å². The lowest BCUT2D eigenvalue weighted by Gasteiger charge is -2.25. The van der Waals surface area contributed by atoms with Gasteiger partial charge in [-0.1, -0.05) is 13.8 Å². The number of likely N-dealkylation sites (N-methyl/N-ethyl adjacent to an activating group) is 1. The zero-order valence-electron chi connectivity index (χ0n) is 13.4. The highest BCUT2D eigenvalue weighted by Crippen LogP contribution is 2.16. The number of nitrogens with zero attached hydrogens (tertiary/aromatic N) is 2. The second kappa shape index (κ2) is 6.38. The summed E-state index contributed by atoms with van der Waals surface area (Å²) in [6.07, 6.45) is 1.12. The summed E-state index contributed by atoms with van der Waals surface area (Å²) in [5.74, 6) is 0.882. The van der Waals surface area contributed by atoms with Crippen LogP contribution in [0.15, 0.2) is 6.07 Å². The monoisotopic (exact) mass is 264 g/mol. The molecule has 1 unspecified atom stereocenters. The smallest absolute Gasteiger partial charge is 0.178 e. The van der Waals surface area contributed by atoms with Gasteiger partial charge < -0.3 is 4.57 Å². The lowest BCUT2D eigenvalue weighted by Crippen LogP contribution is -2.34. The van der Waals surface area contributed by atoms with E-state index >= 15 is 0 Å². The standard InChI is InChI=1S/C16H28N2O/c1-11(2)8-12(3)17(6)10-16(19)15-9-13(4)18(7)14(15)5/h9,11-12H,8,10H2,1-7H3. The summed E-state index contributed by atoms with van der Waals surface area (Å²) in [6, 6.07) is 2.44. The number of aromatic nitrogens is 1. The number of ketones is 1. The van der Waals surface area contributed by atoms with Crippen LogP contribution in [0.1, 0.15) is 48.9 Å². The summed E-state index contributed by atoms with van der Waals surface area (Å²) >= 11 is 0. The van der Waals surface area contributed by atoms with E-state index in [-0.39, 0.29) is 5.78 Å². The molecule has 19 heavy (non-hydrogen) atoms. The second-order valence-electron chi connectivity index (χ2n) is 6.16. The normalized spacial score (nSPS) is 13.3. The summed E-state index contributed by atoms with van der Waals surface area (Å²) < 4.78 is 2.07. The molecule has 1 heterocycles. The molecule has 108 valence electrons. The number of carbonyl (C=O) groups excluding carboxylic acids is 1. The molecule has 1 atom stereocenters. The van der Waals surface area contributed by atoms with Crippen molar-refractivity contribution < 1.29 is 4.79 Å². The van der Waals surface area contributed by atoms with Crippen molar-refractivity contribution in [3.05, 3.63) is 23.0 Å². The predicted octanol–water partition coefficient (Wildman–Crippen LogP) is 3.19. The largest absolute Gasteiger partial charge is 0.351 e. The number of carbonyl (C=O) groups is 1. The molecule has 1 aromatic heterocycles. The summed E-state index contributed by atoms with van der Waals surface area (Å²) in [4.78, 5) is 14.5. The molecule has 0 N–H and O–H groups in total. The second-order valence-corrected chi connectivity index (χ2v) is 6.16. The fourth-order valence-corrected chi connectivity index (χ4v) is 2.47. The Labute approximate surface area is 117 Å². The highest BCUT2D eigenvalue weighted by atomic mass is 16.1. The van der Waals surface area contributed by atoms with Gasteiger partial charge in [-0.3, -0.25) is 9.69 Å². The van der Waals surface area contributed by atoms with E-state index in [2.05, 4.69) is 30.2 Å². The van der Waals surface area contributed by atoms with Crippen LogP contribution in [0, 0.1) is 19.8 Å². The minimum Gasteiger partial charge on any atom is -0.351 e. The molecule has 0 saturated carbocycles. The van der Waals surface area contributed by atoms with Crippen LogP contribution in [0.2, 0.25) is 0 Å². The number of hydrogen-bond donors (Lipinski definition) is 0. The molecule has 0 fully saturated rings. The van der Waals surface area contributed by atoms with Gasteiger partial charge in [0.1, 0.15) is 0 Å². The van der Waals surface area contributed by atoms with Crippen molar-refractivity contribution in [1.82, 2.24) is 9.47 Å². The Balaban J connectivity index is 2.71. The van der Waals surface area contributed by atoms with Crippen molar-refractivity contribution in [1.29, 1.82) is 0 Å². The van der Waals surface area contributed by atoms with Gasteiger partial charge in [0.15, 0.2) is 5.78 Å². The van der Waals surface area contributed by atoms with E-state index in [9.17, 15) is 4.79 Å². The number of rotatable bonds is 6. The Bertz CT molecular complexity index is 446. The molecule has 0 aliphatic heterocycles. The molecule has 1 aromatic rings. The Morgan fingerprint density at radius 1 is 1.32 bits per heavy atom. The Morgan fingerprint density at radius 3 is 2.32 bits per heavy atom. The van der Waals surface area contributed by atoms with Crippen molar-refractivity contribution in [3.8, 4) is 0 Å². The summed E-state index contributed by atoms with van der Waals surface area (Å²) in [6.45, 7) is 11.2. The minimum atomic E-state index is 0.222. The molecule has 0 aliphatic rings. The zero-order valence-corrected chi connectivity index (χ0v) is 13.4. The third kappa shape index (κ3) is 3.93.